The summed E-state index contributed by atoms with van der Waals surface area (Å²) < 4.78 is 3.04. The predicted molar refractivity (Wildman–Crippen MR) is 81.1 cm³/mol. The van der Waals surface area contributed by atoms with Crippen molar-refractivity contribution in [3.05, 3.63) is 15.9 Å². The lowest BCUT2D eigenvalue weighted by Crippen LogP contribution is -2.29. The van der Waals surface area contributed by atoms with Crippen LogP contribution in [0.4, 0.5) is 0 Å². The average Bonchev–Trinajstić information content (AvgIpc) is 2.53. The van der Waals surface area contributed by atoms with Crippen molar-refractivity contribution in [2.75, 3.05) is 12.4 Å². The molecule has 0 aliphatic rings. The summed E-state index contributed by atoms with van der Waals surface area (Å²) in [6.07, 6.45) is 2.22. The van der Waals surface area contributed by atoms with Gasteiger partial charge in [0.2, 0.25) is 0 Å². The minimum atomic E-state index is 0.287. The van der Waals surface area contributed by atoms with Gasteiger partial charge in [0.25, 0.3) is 0 Å². The summed E-state index contributed by atoms with van der Waals surface area (Å²) in [4.78, 5) is 0. The smallest absolute Gasteiger partial charge is 0.0739 e. The van der Waals surface area contributed by atoms with Crippen molar-refractivity contribution in [1.29, 1.82) is 0 Å². The van der Waals surface area contributed by atoms with Crippen LogP contribution in [0.1, 0.15) is 38.1 Å². The van der Waals surface area contributed by atoms with E-state index in [1.807, 2.05) is 18.7 Å². The number of hydrogen-bond donors (Lipinski definition) is 1. The van der Waals surface area contributed by atoms with E-state index >= 15 is 0 Å². The quantitative estimate of drug-likeness (QED) is 0.771. The Bertz CT molecular complexity index is 388. The highest BCUT2D eigenvalue weighted by atomic mass is 79.9. The maximum Gasteiger partial charge on any atom is 0.0739 e. The van der Waals surface area contributed by atoms with Crippen molar-refractivity contribution >= 4 is 27.5 Å². The van der Waals surface area contributed by atoms with E-state index in [4.69, 9.17) is 11.6 Å². The molecule has 0 aliphatic heterocycles. The molecule has 0 aliphatic carbocycles. The van der Waals surface area contributed by atoms with E-state index in [0.717, 1.165) is 42.0 Å². The molecule has 0 radical (unpaired) electrons. The Balaban J connectivity index is 2.46. The van der Waals surface area contributed by atoms with Crippen LogP contribution in [0.5, 0.6) is 0 Å². The maximum absolute atomic E-state index is 5.74. The topological polar surface area (TPSA) is 29.9 Å². The van der Waals surface area contributed by atoms with E-state index in [1.165, 1.54) is 5.69 Å². The van der Waals surface area contributed by atoms with Crippen LogP contribution in [0.2, 0.25) is 0 Å². The Hall–Kier alpha value is -0.0600. The molecule has 1 aromatic rings. The van der Waals surface area contributed by atoms with E-state index in [9.17, 15) is 0 Å². The van der Waals surface area contributed by atoms with Gasteiger partial charge in [0.1, 0.15) is 0 Å². The number of nitrogens with one attached hydrogen (secondary N) is 1. The number of aryl methyl sites for hydroxylation is 2. The second kappa shape index (κ2) is 6.92. The first kappa shape index (κ1) is 16.0. The van der Waals surface area contributed by atoms with Crippen molar-refractivity contribution in [1.82, 2.24) is 15.1 Å². The summed E-state index contributed by atoms with van der Waals surface area (Å²) in [7, 11) is 1.98. The zero-order chi connectivity index (χ0) is 13.8. The third kappa shape index (κ3) is 4.56. The molecular weight excluding hydrogens is 314 g/mol. The number of hydrogen-bond acceptors (Lipinski definition) is 2. The van der Waals surface area contributed by atoms with E-state index in [-0.39, 0.29) is 5.41 Å². The predicted octanol–water partition coefficient (Wildman–Crippen LogP) is 3.63. The van der Waals surface area contributed by atoms with Gasteiger partial charge in [-0.15, -0.1) is 11.6 Å². The van der Waals surface area contributed by atoms with Crippen LogP contribution >= 0.6 is 27.5 Å². The van der Waals surface area contributed by atoms with Crippen molar-refractivity contribution in [2.45, 2.75) is 40.2 Å². The largest absolute Gasteiger partial charge is 0.311 e. The van der Waals surface area contributed by atoms with E-state index in [0.29, 0.717) is 0 Å². The monoisotopic (exact) mass is 335 g/mol. The third-order valence-electron chi connectivity index (χ3n) is 3.14. The molecule has 0 spiro atoms. The molecule has 0 saturated heterocycles. The van der Waals surface area contributed by atoms with Crippen molar-refractivity contribution in [3.63, 3.8) is 0 Å². The molecule has 0 amide bonds. The minimum absolute atomic E-state index is 0.287. The lowest BCUT2D eigenvalue weighted by Gasteiger charge is -2.24. The molecule has 0 atom stereocenters. The fourth-order valence-electron chi connectivity index (χ4n) is 2.03. The zero-order valence-electron chi connectivity index (χ0n) is 11.7. The molecule has 5 heteroatoms. The van der Waals surface area contributed by atoms with E-state index in [2.05, 4.69) is 40.2 Å². The van der Waals surface area contributed by atoms with Crippen molar-refractivity contribution < 1.29 is 0 Å². The van der Waals surface area contributed by atoms with Crippen LogP contribution in [-0.2, 0) is 13.6 Å². The second-order valence-electron chi connectivity index (χ2n) is 5.53. The molecule has 1 rings (SSSR count). The van der Waals surface area contributed by atoms with Gasteiger partial charge in [-0.1, -0.05) is 13.8 Å². The summed E-state index contributed by atoms with van der Waals surface area (Å²) >= 11 is 9.33. The molecule has 0 saturated carbocycles. The van der Waals surface area contributed by atoms with E-state index in [1.54, 1.807) is 0 Å². The van der Waals surface area contributed by atoms with Gasteiger partial charge in [-0.25, -0.2) is 0 Å². The van der Waals surface area contributed by atoms with Gasteiger partial charge in [-0.05, 0) is 41.1 Å². The fraction of sp³-hybridized carbons (Fsp3) is 0.769. The van der Waals surface area contributed by atoms with E-state index < -0.39 is 0 Å². The van der Waals surface area contributed by atoms with Crippen LogP contribution in [-0.4, -0.2) is 22.2 Å². The molecule has 1 aromatic heterocycles. The molecule has 18 heavy (non-hydrogen) atoms. The first-order valence-corrected chi connectivity index (χ1v) is 7.65. The van der Waals surface area contributed by atoms with Crippen LogP contribution in [0.25, 0.3) is 0 Å². The number of nitrogens with zero attached hydrogens (tertiary/aromatic N) is 2. The zero-order valence-corrected chi connectivity index (χ0v) is 14.0. The minimum Gasteiger partial charge on any atom is -0.311 e. The first-order chi connectivity index (χ1) is 8.37. The lowest BCUT2D eigenvalue weighted by molar-refractivity contribution is 0.309. The van der Waals surface area contributed by atoms with Crippen LogP contribution in [0.3, 0.4) is 0 Å². The summed E-state index contributed by atoms with van der Waals surface area (Å²) in [5.41, 5.74) is 2.52. The molecule has 1 N–H and O–H groups in total. The SMILES string of the molecule is Cc1nn(C)c(CNCC(C)(C)CCCCl)c1Br. The first-order valence-electron chi connectivity index (χ1n) is 6.32. The highest BCUT2D eigenvalue weighted by Crippen LogP contribution is 2.23. The van der Waals surface area contributed by atoms with Crippen molar-refractivity contribution in [2.24, 2.45) is 12.5 Å². The normalized spacial score (nSPS) is 12.1. The number of rotatable bonds is 7. The molecule has 104 valence electrons. The Morgan fingerprint density at radius 1 is 1.44 bits per heavy atom. The lowest BCUT2D eigenvalue weighted by atomic mass is 9.88. The molecule has 0 aromatic carbocycles. The maximum atomic E-state index is 5.74. The Morgan fingerprint density at radius 3 is 2.61 bits per heavy atom. The number of alkyl halides is 1. The molecule has 3 nitrogen and oxygen atoms in total. The van der Waals surface area contributed by atoms with Crippen molar-refractivity contribution in [3.8, 4) is 0 Å². The van der Waals surface area contributed by atoms with Crippen LogP contribution in [0.15, 0.2) is 4.47 Å². The van der Waals surface area contributed by atoms with Gasteiger partial charge in [-0.2, -0.15) is 5.10 Å². The second-order valence-corrected chi connectivity index (χ2v) is 6.70. The van der Waals surface area contributed by atoms with Gasteiger partial charge >= 0.3 is 0 Å². The van der Waals surface area contributed by atoms with Gasteiger partial charge in [-0.3, -0.25) is 4.68 Å². The van der Waals surface area contributed by atoms with Crippen LogP contribution < -0.4 is 5.32 Å². The Kier molecular flexibility index (Phi) is 6.15. The standard InChI is InChI=1S/C13H23BrClN3/c1-10-12(14)11(18(4)17-10)8-16-9-13(2,3)6-5-7-15/h16H,5-9H2,1-4H3. The van der Waals surface area contributed by atoms with Crippen LogP contribution in [0, 0.1) is 12.3 Å². The number of halogens is 2. The summed E-state index contributed by atoms with van der Waals surface area (Å²) in [6.45, 7) is 8.38. The Morgan fingerprint density at radius 2 is 2.11 bits per heavy atom. The summed E-state index contributed by atoms with van der Waals surface area (Å²) in [6, 6.07) is 0. The van der Waals surface area contributed by atoms with Gasteiger partial charge in [0, 0.05) is 26.0 Å². The third-order valence-corrected chi connectivity index (χ3v) is 4.44. The molecule has 1 heterocycles. The highest BCUT2D eigenvalue weighted by Gasteiger charge is 2.17. The van der Waals surface area contributed by atoms with Gasteiger partial charge in [0.05, 0.1) is 15.9 Å². The molecule has 0 fully saturated rings. The fourth-order valence-corrected chi connectivity index (χ4v) is 2.63. The summed E-state index contributed by atoms with van der Waals surface area (Å²) in [5.74, 6) is 0.746. The summed E-state index contributed by atoms with van der Waals surface area (Å²) in [5, 5.41) is 7.90. The number of aromatic nitrogens is 2. The average molecular weight is 337 g/mol. The Labute approximate surface area is 123 Å². The van der Waals surface area contributed by atoms with Gasteiger partial charge < -0.3 is 5.32 Å². The molecule has 0 unspecified atom stereocenters. The molecular formula is C13H23BrClN3. The van der Waals surface area contributed by atoms with Gasteiger partial charge in [0.15, 0.2) is 0 Å². The highest BCUT2D eigenvalue weighted by molar-refractivity contribution is 9.10. The molecule has 0 bridgehead atoms.